The zero-order chi connectivity index (χ0) is 52.0. The summed E-state index contributed by atoms with van der Waals surface area (Å²) in [5.41, 5.74) is 0.454. The molecule has 8 aliphatic rings. The molecule has 2 fully saturated rings. The van der Waals surface area contributed by atoms with Gasteiger partial charge in [-0.3, -0.25) is 0 Å². The highest BCUT2D eigenvalue weighted by molar-refractivity contribution is 6.82. The summed E-state index contributed by atoms with van der Waals surface area (Å²) in [4.78, 5) is 31.6. The lowest BCUT2D eigenvalue weighted by atomic mass is 9.37. The average Bonchev–Trinajstić information content (AvgIpc) is 1.38. The molecule has 0 unspecified atom stereocenters. The van der Waals surface area contributed by atoms with Crippen LogP contribution in [0, 0.1) is 0 Å². The molecule has 4 aliphatic heterocycles. The number of methoxy groups -OCH3 is 2. The van der Waals surface area contributed by atoms with E-state index in [1.807, 2.05) is 12.1 Å². The molecule has 29 aromatic carbocycles. The summed E-state index contributed by atoms with van der Waals surface area (Å²) >= 11 is 0. The van der Waals surface area contributed by atoms with E-state index in [2.05, 4.69) is 24.3 Å². The van der Waals surface area contributed by atoms with E-state index in [4.69, 9.17) is 18.9 Å². The number of rotatable bonds is 4. The zero-order valence-electron chi connectivity index (χ0n) is 44.0. The Labute approximate surface area is 465 Å². The lowest BCUT2D eigenvalue weighted by Gasteiger charge is -2.60. The smallest absolute Gasteiger partial charge is 0.347 e. The van der Waals surface area contributed by atoms with Crippen LogP contribution in [0.4, 0.5) is 0 Å². The van der Waals surface area contributed by atoms with Crippen molar-refractivity contribution in [2.24, 2.45) is 0 Å². The topological polar surface area (TPSA) is 71.1 Å². The maximum atomic E-state index is 17.0. The van der Waals surface area contributed by atoms with E-state index in [1.165, 1.54) is 223 Å². The largest absolute Gasteiger partial charge is 0.467 e. The van der Waals surface area contributed by atoms with Crippen LogP contribution in [-0.2, 0) is 50.6 Å². The number of esters is 2. The molecule has 0 amide bonds. The molecule has 37 rings (SSSR count). The van der Waals surface area contributed by atoms with Crippen LogP contribution in [0.25, 0.3) is 291 Å². The molecule has 4 aliphatic carbocycles. The summed E-state index contributed by atoms with van der Waals surface area (Å²) in [5, 5.41) is 81.7. The fraction of sp³-hybridized carbons (Fsp3) is 0.139. The minimum atomic E-state index is -1.44. The number of hydrogen-bond donors (Lipinski definition) is 0. The summed E-state index contributed by atoms with van der Waals surface area (Å²) < 4.78 is 28.9. The minimum Gasteiger partial charge on any atom is -0.467 e. The highest BCUT2D eigenvalue weighted by Crippen LogP contribution is 2.91. The minimum absolute atomic E-state index is 0.250. The summed E-state index contributed by atoms with van der Waals surface area (Å²) in [6, 6.07) is 8.41. The lowest BCUT2D eigenvalue weighted by molar-refractivity contribution is -0.182. The Morgan fingerprint density at radius 2 is 0.600 bits per heavy atom. The van der Waals surface area contributed by atoms with Crippen molar-refractivity contribution in [2.75, 3.05) is 14.2 Å². The number of carbonyl (C=O) groups excluding carboxylic acids is 2. The quantitative estimate of drug-likeness (QED) is 0.0994. The van der Waals surface area contributed by atoms with Gasteiger partial charge >= 0.3 is 11.9 Å². The zero-order valence-corrected chi connectivity index (χ0v) is 44.0. The van der Waals surface area contributed by atoms with Crippen molar-refractivity contribution in [1.82, 2.24) is 0 Å². The molecule has 85 heavy (non-hydrogen) atoms. The second kappa shape index (κ2) is 7.86. The Kier molecular flexibility index (Phi) is 3.16. The second-order valence-electron chi connectivity index (χ2n) is 30.4. The summed E-state index contributed by atoms with van der Waals surface area (Å²) in [7, 11) is 3.13. The van der Waals surface area contributed by atoms with Gasteiger partial charge in [0.2, 0.25) is 5.60 Å². The first kappa shape index (κ1) is 34.2. The van der Waals surface area contributed by atoms with Crippen LogP contribution >= 0.6 is 0 Å². The van der Waals surface area contributed by atoms with Gasteiger partial charge in [0.1, 0.15) is 5.60 Å². The number of ether oxygens (including phenoxy) is 4. The molecule has 0 radical (unpaired) electrons. The van der Waals surface area contributed by atoms with Crippen LogP contribution in [0.1, 0.15) is 52.6 Å². The van der Waals surface area contributed by atoms with Crippen LogP contribution in [0.3, 0.4) is 0 Å². The maximum Gasteiger partial charge on any atom is 0.347 e. The first-order valence-electron chi connectivity index (χ1n) is 31.1. The van der Waals surface area contributed by atoms with E-state index >= 15 is 4.79 Å². The Balaban J connectivity index is 0.978. The van der Waals surface area contributed by atoms with Gasteiger partial charge in [0, 0.05) is 12.0 Å². The molecular weight excluding hydrogens is 1040 g/mol. The van der Waals surface area contributed by atoms with E-state index in [0.29, 0.717) is 19.3 Å². The van der Waals surface area contributed by atoms with Gasteiger partial charge in [-0.1, -0.05) is 24.3 Å². The van der Waals surface area contributed by atoms with Gasteiger partial charge in [0.05, 0.1) is 30.7 Å². The van der Waals surface area contributed by atoms with Gasteiger partial charge in [0.15, 0.2) is 5.60 Å². The molecule has 0 aromatic heterocycles. The highest BCUT2D eigenvalue weighted by Gasteiger charge is 2.92. The molecule has 370 valence electrons. The molecule has 0 N–H and O–H groups in total. The van der Waals surface area contributed by atoms with Crippen molar-refractivity contribution >= 4 is 303 Å². The van der Waals surface area contributed by atoms with E-state index < -0.39 is 39.2 Å². The molecule has 2 spiro atoms. The molecular formula is C79H18O6. The monoisotopic (exact) mass is 1060 g/mol. The molecule has 29 aromatic rings. The van der Waals surface area contributed by atoms with Crippen LogP contribution < -0.4 is 0 Å². The van der Waals surface area contributed by atoms with Crippen molar-refractivity contribution in [2.45, 2.75) is 52.5 Å². The fourth-order valence-electron chi connectivity index (χ4n) is 29.9. The molecule has 0 saturated carbocycles. The Bertz CT molecular complexity index is 8100. The van der Waals surface area contributed by atoms with Crippen molar-refractivity contribution in [3.63, 3.8) is 0 Å². The Hall–Kier alpha value is -9.72. The van der Waals surface area contributed by atoms with Gasteiger partial charge in [-0.2, -0.15) is 0 Å². The highest BCUT2D eigenvalue weighted by atomic mass is 16.6. The molecule has 2 saturated heterocycles. The lowest BCUT2D eigenvalue weighted by Crippen LogP contribution is -2.68. The summed E-state index contributed by atoms with van der Waals surface area (Å²) in [5.74, 6) is -0.666. The average molecular weight is 1060 g/mol. The third kappa shape index (κ3) is 1.90. The standard InChI is InChI=1S/C79H18O6/c1-82-72(80)76-9-7-74(84-76,12-5-3-4-6-13(12)76)11-75-8-10-77(85-75,73(81)83-2)79-70-64-58-48-40-30-22-18-15-14-16-20(22)28-36(30)50(58)56-46-38(28)32-24(16)25-17(14)21-23-19(15)27-26(18)34(40)44-45-35(27)41-31(23)37-29(21)39-33(25)43-42(32)52(46)60-61-53(43)47(39)57-51(37)59-49(41)55(45)67(66(70)54(44)48)71(79)65(59)63(57)69(61)78(75,79)68(60)62(56)64/h3-7,9H,8,10-11H2,1-2H3/t74-,75+,76-,77-,78?,79?/m0/s1. The van der Waals surface area contributed by atoms with Crippen molar-refractivity contribution < 1.29 is 28.5 Å². The Morgan fingerprint density at radius 3 is 0.894 bits per heavy atom. The number of carbonyl (C=O) groups is 2. The Morgan fingerprint density at radius 1 is 0.329 bits per heavy atom. The van der Waals surface area contributed by atoms with Gasteiger partial charge < -0.3 is 18.9 Å². The SMILES string of the molecule is COC(=O)[C@]12CC[C@](C[C@]34C=C[C@](C(=O)OC)(O3)c3ccccc34)(O1)C13c4c5c6c7c8c9c(c%10c%11c1c1c4c4c%12c5c5c6c6c8c8c%13c9c9c%10c%10c%11c%11c1c1c4c4c%12c%12c5c5c6c8c6c8c%13c9c9c%10c%10c%11c1c1c4c4c%12c5c6c5c8c9c%10c1c45)C732. The first-order chi connectivity index (χ1) is 42.0. The number of benzene rings is 19. The van der Waals surface area contributed by atoms with Gasteiger partial charge in [-0.15, -0.1) is 0 Å². The maximum absolute atomic E-state index is 17.0. The van der Waals surface area contributed by atoms with Crippen molar-refractivity contribution in [3.8, 4) is 0 Å². The van der Waals surface area contributed by atoms with Crippen LogP contribution in [0.5, 0.6) is 0 Å². The van der Waals surface area contributed by atoms with Crippen LogP contribution in [-0.4, -0.2) is 37.4 Å². The van der Waals surface area contributed by atoms with Crippen molar-refractivity contribution in [3.05, 3.63) is 69.8 Å². The van der Waals surface area contributed by atoms with Crippen LogP contribution in [0.15, 0.2) is 36.4 Å². The van der Waals surface area contributed by atoms with E-state index in [0.717, 1.165) is 11.1 Å². The second-order valence-corrected chi connectivity index (χ2v) is 30.4. The molecule has 6 nitrogen and oxygen atoms in total. The van der Waals surface area contributed by atoms with E-state index in [1.54, 1.807) is 104 Å². The van der Waals surface area contributed by atoms with Crippen molar-refractivity contribution in [1.29, 1.82) is 0 Å². The third-order valence-corrected chi connectivity index (χ3v) is 30.1. The normalized spacial score (nSPS) is 29.0. The van der Waals surface area contributed by atoms with Gasteiger partial charge in [0.25, 0.3) is 0 Å². The van der Waals surface area contributed by atoms with Gasteiger partial charge in [-0.05, 0) is 344 Å². The molecule has 6 heteroatoms. The number of fused-ring (bicyclic) bond motifs is 7. The number of hydrogen-bond acceptors (Lipinski definition) is 6. The molecule has 4 atom stereocenters. The van der Waals surface area contributed by atoms with E-state index in [-0.39, 0.29) is 5.97 Å². The van der Waals surface area contributed by atoms with Crippen LogP contribution in [0.2, 0.25) is 0 Å². The van der Waals surface area contributed by atoms with E-state index in [9.17, 15) is 4.79 Å². The third-order valence-electron chi connectivity index (χ3n) is 30.1. The fourth-order valence-corrected chi connectivity index (χ4v) is 29.9. The van der Waals surface area contributed by atoms with Gasteiger partial charge in [-0.25, -0.2) is 9.59 Å². The molecule has 4 heterocycles. The first-order valence-corrected chi connectivity index (χ1v) is 31.1. The molecule has 4 bridgehead atoms. The summed E-state index contributed by atoms with van der Waals surface area (Å²) in [6.45, 7) is 0. The predicted molar refractivity (Wildman–Crippen MR) is 338 cm³/mol. The predicted octanol–water partition coefficient (Wildman–Crippen LogP) is 18.0. The summed E-state index contributed by atoms with van der Waals surface area (Å²) in [6.07, 6.45) is 5.73.